The van der Waals surface area contributed by atoms with E-state index in [0.717, 1.165) is 18.4 Å². The predicted octanol–water partition coefficient (Wildman–Crippen LogP) is 3.58. The number of methoxy groups -OCH3 is 1. The van der Waals surface area contributed by atoms with Gasteiger partial charge in [0, 0.05) is 11.4 Å². The molecule has 0 radical (unpaired) electrons. The topological polar surface area (TPSA) is 76.6 Å². The quantitative estimate of drug-likeness (QED) is 0.683. The zero-order valence-corrected chi connectivity index (χ0v) is 17.6. The Labute approximate surface area is 164 Å². The third kappa shape index (κ3) is 4.39. The summed E-state index contributed by atoms with van der Waals surface area (Å²) in [6, 6.07) is 7.08. The van der Waals surface area contributed by atoms with E-state index in [2.05, 4.69) is 30.5 Å². The number of carbonyl (C=O) groups is 1. The summed E-state index contributed by atoms with van der Waals surface area (Å²) < 4.78 is 32.5. The Morgan fingerprint density at radius 1 is 1.26 bits per heavy atom. The summed E-state index contributed by atoms with van der Waals surface area (Å²) in [7, 11) is -2.34. The van der Waals surface area contributed by atoms with Gasteiger partial charge in [-0.25, -0.2) is 18.2 Å². The van der Waals surface area contributed by atoms with Crippen molar-refractivity contribution in [1.29, 1.82) is 0 Å². The van der Waals surface area contributed by atoms with Crippen molar-refractivity contribution in [2.75, 3.05) is 7.11 Å². The van der Waals surface area contributed by atoms with E-state index >= 15 is 0 Å². The van der Waals surface area contributed by atoms with Gasteiger partial charge < -0.3 is 4.74 Å². The van der Waals surface area contributed by atoms with E-state index in [4.69, 9.17) is 0 Å². The number of ether oxygens (including phenoxy) is 1. The molecule has 0 aliphatic heterocycles. The number of hydrogen-bond acceptors (Lipinski definition) is 6. The fourth-order valence-corrected chi connectivity index (χ4v) is 5.24. The van der Waals surface area contributed by atoms with Crippen molar-refractivity contribution in [3.63, 3.8) is 0 Å². The average molecular weight is 409 g/mol. The molecule has 0 unspecified atom stereocenters. The van der Waals surface area contributed by atoms with Gasteiger partial charge in [0.05, 0.1) is 18.6 Å². The summed E-state index contributed by atoms with van der Waals surface area (Å²) in [4.78, 5) is 16.1. The molecule has 1 aliphatic rings. The Morgan fingerprint density at radius 2 is 1.89 bits per heavy atom. The first-order valence-corrected chi connectivity index (χ1v) is 11.1. The van der Waals surface area contributed by atoms with Crippen LogP contribution < -0.4 is 0 Å². The average Bonchev–Trinajstić information content (AvgIpc) is 3.35. The van der Waals surface area contributed by atoms with Gasteiger partial charge in [-0.3, -0.25) is 0 Å². The minimum atomic E-state index is -3.63. The first-order chi connectivity index (χ1) is 12.6. The first kappa shape index (κ1) is 20.0. The molecule has 1 saturated carbocycles. The van der Waals surface area contributed by atoms with Gasteiger partial charge in [-0.15, -0.1) is 11.3 Å². The summed E-state index contributed by atoms with van der Waals surface area (Å²) >= 11 is 1.27. The molecule has 2 aromatic rings. The molecule has 1 heterocycles. The molecule has 27 heavy (non-hydrogen) atoms. The number of thiazole rings is 1. The van der Waals surface area contributed by atoms with Crippen molar-refractivity contribution in [2.45, 2.75) is 56.5 Å². The van der Waals surface area contributed by atoms with E-state index in [9.17, 15) is 13.2 Å². The minimum Gasteiger partial charge on any atom is -0.464 e. The second kappa shape index (κ2) is 7.33. The SMILES string of the molecule is COC(=O)c1csc(CN(C2CC2)S(=O)(=O)c2ccc(C(C)(C)C)cc2)n1. The third-order valence-corrected chi connectivity index (χ3v) is 7.26. The summed E-state index contributed by atoms with van der Waals surface area (Å²) in [6.07, 6.45) is 1.68. The van der Waals surface area contributed by atoms with Crippen LogP contribution in [-0.2, 0) is 26.7 Å². The molecule has 0 saturated heterocycles. The third-order valence-electron chi connectivity index (χ3n) is 4.52. The number of rotatable bonds is 6. The molecule has 1 aliphatic carbocycles. The summed E-state index contributed by atoms with van der Waals surface area (Å²) in [5.74, 6) is -0.518. The first-order valence-electron chi connectivity index (χ1n) is 8.78. The molecule has 146 valence electrons. The second-order valence-corrected chi connectivity index (χ2v) is 10.5. The molecule has 0 atom stereocenters. The summed E-state index contributed by atoms with van der Waals surface area (Å²) in [5, 5.41) is 2.17. The van der Waals surface area contributed by atoms with Gasteiger partial charge in [-0.1, -0.05) is 32.9 Å². The highest BCUT2D eigenvalue weighted by molar-refractivity contribution is 7.89. The van der Waals surface area contributed by atoms with E-state index in [1.807, 2.05) is 12.1 Å². The monoisotopic (exact) mass is 408 g/mol. The number of aromatic nitrogens is 1. The Balaban J connectivity index is 1.85. The zero-order chi connectivity index (χ0) is 19.8. The molecule has 6 nitrogen and oxygen atoms in total. The molecule has 0 amide bonds. The van der Waals surface area contributed by atoms with Crippen molar-refractivity contribution in [2.24, 2.45) is 0 Å². The van der Waals surface area contributed by atoms with Gasteiger partial charge in [0.2, 0.25) is 10.0 Å². The minimum absolute atomic E-state index is 0.0113. The van der Waals surface area contributed by atoms with Gasteiger partial charge in [-0.05, 0) is 36.0 Å². The van der Waals surface area contributed by atoms with Crippen LogP contribution in [0.5, 0.6) is 0 Å². The van der Waals surface area contributed by atoms with Gasteiger partial charge in [-0.2, -0.15) is 4.31 Å². The standard InChI is InChI=1S/C19H24N2O4S2/c1-19(2,3)13-5-9-15(10-6-13)27(23,24)21(14-7-8-14)11-17-20-16(12-26-17)18(22)25-4/h5-6,9-10,12,14H,7-8,11H2,1-4H3. The summed E-state index contributed by atoms with van der Waals surface area (Å²) in [5.41, 5.74) is 1.26. The maximum atomic E-state index is 13.2. The van der Waals surface area contributed by atoms with Crippen LogP contribution in [0.15, 0.2) is 34.5 Å². The molecule has 0 N–H and O–H groups in total. The Bertz CT molecular complexity index is 923. The molecule has 1 aromatic carbocycles. The molecule has 1 aromatic heterocycles. The highest BCUT2D eigenvalue weighted by Gasteiger charge is 2.38. The number of nitrogens with zero attached hydrogens (tertiary/aromatic N) is 2. The van der Waals surface area contributed by atoms with E-state index in [1.54, 1.807) is 17.5 Å². The van der Waals surface area contributed by atoms with Crippen molar-refractivity contribution in [1.82, 2.24) is 9.29 Å². The van der Waals surface area contributed by atoms with Crippen LogP contribution in [0.2, 0.25) is 0 Å². The largest absolute Gasteiger partial charge is 0.464 e. The highest BCUT2D eigenvalue weighted by atomic mass is 32.2. The van der Waals surface area contributed by atoms with Crippen molar-refractivity contribution >= 4 is 27.3 Å². The molecule has 3 rings (SSSR count). The van der Waals surface area contributed by atoms with Gasteiger partial charge in [0.25, 0.3) is 0 Å². The van der Waals surface area contributed by atoms with Crippen LogP contribution in [0.3, 0.4) is 0 Å². The van der Waals surface area contributed by atoms with Crippen LogP contribution in [0.25, 0.3) is 0 Å². The van der Waals surface area contributed by atoms with Crippen molar-refractivity contribution in [3.05, 3.63) is 45.9 Å². The smallest absolute Gasteiger partial charge is 0.357 e. The second-order valence-electron chi connectivity index (χ2n) is 7.67. The van der Waals surface area contributed by atoms with Crippen molar-refractivity contribution in [3.8, 4) is 0 Å². The Morgan fingerprint density at radius 3 is 2.41 bits per heavy atom. The lowest BCUT2D eigenvalue weighted by Crippen LogP contribution is -2.32. The van der Waals surface area contributed by atoms with Crippen molar-refractivity contribution < 1.29 is 17.9 Å². The van der Waals surface area contributed by atoms with Gasteiger partial charge in [0.1, 0.15) is 5.01 Å². The molecule has 1 fully saturated rings. The lowest BCUT2D eigenvalue weighted by Gasteiger charge is -2.22. The lowest BCUT2D eigenvalue weighted by molar-refractivity contribution is 0.0594. The molecule has 0 spiro atoms. The fourth-order valence-electron chi connectivity index (χ4n) is 2.75. The fraction of sp³-hybridized carbons (Fsp3) is 0.474. The van der Waals surface area contributed by atoms with Crippen LogP contribution in [0.1, 0.15) is 54.7 Å². The number of benzene rings is 1. The maximum Gasteiger partial charge on any atom is 0.357 e. The molecule has 8 heteroatoms. The normalized spacial score (nSPS) is 15.1. The number of esters is 1. The van der Waals surface area contributed by atoms with Crippen LogP contribution in [0, 0.1) is 0 Å². The molecular weight excluding hydrogens is 384 g/mol. The Hall–Kier alpha value is -1.77. The summed E-state index contributed by atoms with van der Waals surface area (Å²) in [6.45, 7) is 6.44. The van der Waals surface area contributed by atoms with E-state index < -0.39 is 16.0 Å². The van der Waals surface area contributed by atoms with E-state index in [-0.39, 0.29) is 28.6 Å². The van der Waals surface area contributed by atoms with Crippen LogP contribution >= 0.6 is 11.3 Å². The van der Waals surface area contributed by atoms with Crippen LogP contribution in [-0.4, -0.2) is 36.8 Å². The van der Waals surface area contributed by atoms with Crippen LogP contribution in [0.4, 0.5) is 0 Å². The predicted molar refractivity (Wildman–Crippen MR) is 104 cm³/mol. The maximum absolute atomic E-state index is 13.2. The number of sulfonamides is 1. The molecular formula is C19H24N2O4S2. The van der Waals surface area contributed by atoms with Gasteiger partial charge >= 0.3 is 5.97 Å². The van der Waals surface area contributed by atoms with E-state index in [1.165, 1.54) is 22.8 Å². The molecule has 0 bridgehead atoms. The number of hydrogen-bond donors (Lipinski definition) is 0. The highest BCUT2D eigenvalue weighted by Crippen LogP contribution is 2.34. The van der Waals surface area contributed by atoms with Gasteiger partial charge in [0.15, 0.2) is 5.69 Å². The zero-order valence-electron chi connectivity index (χ0n) is 15.9. The van der Waals surface area contributed by atoms with E-state index in [0.29, 0.717) is 5.01 Å². The number of carbonyl (C=O) groups excluding carboxylic acids is 1. The Kier molecular flexibility index (Phi) is 5.42. The lowest BCUT2D eigenvalue weighted by atomic mass is 9.87.